The molecule has 2 N–H and O–H groups in total. The van der Waals surface area contributed by atoms with Crippen LogP contribution in [0.5, 0.6) is 0 Å². The van der Waals surface area contributed by atoms with Crippen molar-refractivity contribution in [1.82, 2.24) is 10.6 Å². The molecule has 28 heavy (non-hydrogen) atoms. The van der Waals surface area contributed by atoms with E-state index in [1.54, 1.807) is 53.7 Å². The van der Waals surface area contributed by atoms with Crippen LogP contribution in [-0.4, -0.2) is 34.3 Å². The molecule has 0 spiro atoms. The highest BCUT2D eigenvalue weighted by Gasteiger charge is 2.20. The van der Waals surface area contributed by atoms with Crippen molar-refractivity contribution in [1.29, 1.82) is 0 Å². The molecule has 154 valence electrons. The van der Waals surface area contributed by atoms with Crippen LogP contribution in [0.25, 0.3) is 0 Å². The number of rotatable bonds is 3. The summed E-state index contributed by atoms with van der Waals surface area (Å²) >= 11 is 0. The minimum absolute atomic E-state index is 0.0433. The third kappa shape index (κ3) is 9.51. The SMILES string of the molecule is CC(C)(C)OC(=O)/N=C(\NCc1ccc([N+](=O)[O-])cc1)NC(=O)OC(C)(C)C. The summed E-state index contributed by atoms with van der Waals surface area (Å²) in [6.07, 6.45) is -1.69. The molecular weight excluding hydrogens is 368 g/mol. The van der Waals surface area contributed by atoms with Gasteiger partial charge in [-0.3, -0.25) is 15.4 Å². The van der Waals surface area contributed by atoms with E-state index in [2.05, 4.69) is 15.6 Å². The predicted octanol–water partition coefficient (Wildman–Crippen LogP) is 3.50. The van der Waals surface area contributed by atoms with Gasteiger partial charge in [0.05, 0.1) is 4.92 Å². The summed E-state index contributed by atoms with van der Waals surface area (Å²) in [6.45, 7) is 10.3. The second-order valence-electron chi connectivity index (χ2n) is 7.84. The van der Waals surface area contributed by atoms with Crippen LogP contribution in [0.4, 0.5) is 15.3 Å². The van der Waals surface area contributed by atoms with Gasteiger partial charge >= 0.3 is 12.2 Å². The molecule has 1 aromatic carbocycles. The van der Waals surface area contributed by atoms with Gasteiger partial charge in [-0.1, -0.05) is 12.1 Å². The van der Waals surface area contributed by atoms with E-state index in [9.17, 15) is 19.7 Å². The van der Waals surface area contributed by atoms with Crippen molar-refractivity contribution in [3.63, 3.8) is 0 Å². The number of nitro groups is 1. The van der Waals surface area contributed by atoms with Gasteiger partial charge in [-0.05, 0) is 47.1 Å². The molecule has 0 aromatic heterocycles. The Balaban J connectivity index is 2.88. The third-order valence-corrected chi connectivity index (χ3v) is 2.82. The molecule has 0 radical (unpaired) electrons. The average molecular weight is 394 g/mol. The van der Waals surface area contributed by atoms with Gasteiger partial charge in [0.1, 0.15) is 11.2 Å². The van der Waals surface area contributed by atoms with E-state index >= 15 is 0 Å². The number of hydrogen-bond acceptors (Lipinski definition) is 6. The molecule has 1 rings (SSSR count). The average Bonchev–Trinajstić information content (AvgIpc) is 2.49. The molecule has 0 atom stereocenters. The van der Waals surface area contributed by atoms with E-state index in [1.165, 1.54) is 12.1 Å². The first kappa shape index (κ1) is 22.9. The Morgan fingerprint density at radius 2 is 1.57 bits per heavy atom. The zero-order valence-corrected chi connectivity index (χ0v) is 16.9. The number of nitrogens with one attached hydrogen (secondary N) is 2. The maximum atomic E-state index is 12.0. The van der Waals surface area contributed by atoms with Crippen molar-refractivity contribution in [3.8, 4) is 0 Å². The lowest BCUT2D eigenvalue weighted by Crippen LogP contribution is -2.44. The Bertz CT molecular complexity index is 745. The summed E-state index contributed by atoms with van der Waals surface area (Å²) in [7, 11) is 0. The lowest BCUT2D eigenvalue weighted by Gasteiger charge is -2.21. The molecule has 0 unspecified atom stereocenters. The third-order valence-electron chi connectivity index (χ3n) is 2.82. The molecule has 0 aliphatic heterocycles. The van der Waals surface area contributed by atoms with Gasteiger partial charge in [-0.2, -0.15) is 0 Å². The number of aliphatic imine (C=N–C) groups is 1. The summed E-state index contributed by atoms with van der Waals surface area (Å²) in [4.78, 5) is 37.9. The smallest absolute Gasteiger partial charge is 0.437 e. The van der Waals surface area contributed by atoms with Gasteiger partial charge < -0.3 is 14.8 Å². The van der Waals surface area contributed by atoms with Gasteiger partial charge in [-0.25, -0.2) is 9.59 Å². The maximum absolute atomic E-state index is 12.0. The molecule has 10 nitrogen and oxygen atoms in total. The Kier molecular flexibility index (Phi) is 7.48. The van der Waals surface area contributed by atoms with Gasteiger partial charge in [0.15, 0.2) is 0 Å². The van der Waals surface area contributed by atoms with Crippen LogP contribution in [0.1, 0.15) is 47.1 Å². The lowest BCUT2D eigenvalue weighted by atomic mass is 10.2. The fourth-order valence-electron chi connectivity index (χ4n) is 1.81. The molecule has 0 aliphatic rings. The fourth-order valence-corrected chi connectivity index (χ4v) is 1.81. The predicted molar refractivity (Wildman–Crippen MR) is 103 cm³/mol. The minimum atomic E-state index is -0.894. The van der Waals surface area contributed by atoms with E-state index in [-0.39, 0.29) is 18.2 Å². The number of alkyl carbamates (subject to hydrolysis) is 1. The summed E-state index contributed by atoms with van der Waals surface area (Å²) in [5, 5.41) is 15.9. The number of benzene rings is 1. The number of amides is 2. The summed E-state index contributed by atoms with van der Waals surface area (Å²) in [6, 6.07) is 5.79. The number of nitrogens with zero attached hydrogens (tertiary/aromatic N) is 2. The van der Waals surface area contributed by atoms with Crippen LogP contribution in [0.2, 0.25) is 0 Å². The second-order valence-corrected chi connectivity index (χ2v) is 7.84. The topological polar surface area (TPSA) is 132 Å². The highest BCUT2D eigenvalue weighted by molar-refractivity contribution is 5.98. The summed E-state index contributed by atoms with van der Waals surface area (Å²) in [5.41, 5.74) is -0.859. The Morgan fingerprint density at radius 1 is 1.04 bits per heavy atom. The molecule has 0 heterocycles. The number of carbonyl (C=O) groups excluding carboxylic acids is 2. The number of ether oxygens (including phenoxy) is 2. The van der Waals surface area contributed by atoms with Gasteiger partial charge in [0, 0.05) is 18.7 Å². The van der Waals surface area contributed by atoms with E-state index in [0.717, 1.165) is 0 Å². The molecule has 0 saturated carbocycles. The highest BCUT2D eigenvalue weighted by Crippen LogP contribution is 2.12. The van der Waals surface area contributed by atoms with Crippen LogP contribution in [0.3, 0.4) is 0 Å². The minimum Gasteiger partial charge on any atom is -0.444 e. The molecule has 2 amide bonds. The number of hydrogen-bond donors (Lipinski definition) is 2. The largest absolute Gasteiger partial charge is 0.444 e. The summed E-state index contributed by atoms with van der Waals surface area (Å²) in [5.74, 6) is -0.165. The standard InChI is InChI=1S/C18H26N4O6/c1-17(2,3)27-15(23)20-14(21-16(24)28-18(4,5)6)19-11-12-7-9-13(10-8-12)22(25)26/h7-10H,11H2,1-6H3,(H2,19,20,21,23,24). The monoisotopic (exact) mass is 394 g/mol. The van der Waals surface area contributed by atoms with Crippen LogP contribution in [0, 0.1) is 10.1 Å². The summed E-state index contributed by atoms with van der Waals surface area (Å²) < 4.78 is 10.3. The van der Waals surface area contributed by atoms with Crippen molar-refractivity contribution in [3.05, 3.63) is 39.9 Å². The molecular formula is C18H26N4O6. The molecule has 1 aromatic rings. The highest BCUT2D eigenvalue weighted by atomic mass is 16.6. The van der Waals surface area contributed by atoms with E-state index in [0.29, 0.717) is 5.56 Å². The first-order valence-electron chi connectivity index (χ1n) is 8.54. The van der Waals surface area contributed by atoms with E-state index in [4.69, 9.17) is 9.47 Å². The quantitative estimate of drug-likeness (QED) is 0.347. The van der Waals surface area contributed by atoms with Gasteiger partial charge in [-0.15, -0.1) is 4.99 Å². The van der Waals surface area contributed by atoms with Crippen molar-refractivity contribution < 1.29 is 24.0 Å². The zero-order valence-electron chi connectivity index (χ0n) is 16.9. The molecule has 10 heteroatoms. The second kappa shape index (κ2) is 9.16. The number of carbonyl (C=O) groups is 2. The maximum Gasteiger partial charge on any atom is 0.437 e. The zero-order chi connectivity index (χ0) is 21.5. The lowest BCUT2D eigenvalue weighted by molar-refractivity contribution is -0.384. The van der Waals surface area contributed by atoms with Crippen LogP contribution in [-0.2, 0) is 16.0 Å². The number of non-ortho nitro benzene ring substituents is 1. The van der Waals surface area contributed by atoms with E-state index in [1.807, 2.05) is 0 Å². The normalized spacial score (nSPS) is 12.1. The molecule has 0 aliphatic carbocycles. The van der Waals surface area contributed by atoms with E-state index < -0.39 is 28.3 Å². The Labute approximate surface area is 163 Å². The number of nitro benzene ring substituents is 1. The van der Waals surface area contributed by atoms with Crippen molar-refractivity contribution in [2.24, 2.45) is 4.99 Å². The Morgan fingerprint density at radius 3 is 2.04 bits per heavy atom. The Hall–Kier alpha value is -3.17. The van der Waals surface area contributed by atoms with Crippen molar-refractivity contribution in [2.45, 2.75) is 59.3 Å². The molecule has 0 saturated heterocycles. The number of guanidine groups is 1. The van der Waals surface area contributed by atoms with Crippen molar-refractivity contribution in [2.75, 3.05) is 0 Å². The first-order valence-corrected chi connectivity index (χ1v) is 8.54. The van der Waals surface area contributed by atoms with Crippen LogP contribution >= 0.6 is 0 Å². The fraction of sp³-hybridized carbons (Fsp3) is 0.500. The van der Waals surface area contributed by atoms with Crippen LogP contribution < -0.4 is 10.6 Å². The molecule has 0 fully saturated rings. The first-order chi connectivity index (χ1) is 12.7. The molecule has 0 bridgehead atoms. The van der Waals surface area contributed by atoms with Gasteiger partial charge in [0.25, 0.3) is 5.69 Å². The van der Waals surface area contributed by atoms with Crippen LogP contribution in [0.15, 0.2) is 29.3 Å². The van der Waals surface area contributed by atoms with Crippen molar-refractivity contribution >= 4 is 23.8 Å². The van der Waals surface area contributed by atoms with Gasteiger partial charge in [0.2, 0.25) is 5.96 Å².